The van der Waals surface area contributed by atoms with Crippen LogP contribution >= 0.6 is 0 Å². The zero-order valence-electron chi connectivity index (χ0n) is 11.4. The van der Waals surface area contributed by atoms with Crippen molar-refractivity contribution >= 4 is 0 Å². The molecule has 0 unspecified atom stereocenters. The first-order chi connectivity index (χ1) is 7.20. The number of unbranched alkanes of at least 4 members (excludes halogenated alkanes) is 3. The van der Waals surface area contributed by atoms with Crippen LogP contribution in [0.1, 0.15) is 66.2 Å². The van der Waals surface area contributed by atoms with Crippen LogP contribution in [0.3, 0.4) is 0 Å². The molecule has 0 aliphatic heterocycles. The van der Waals surface area contributed by atoms with Crippen molar-refractivity contribution in [1.29, 1.82) is 0 Å². The van der Waals surface area contributed by atoms with Crippen LogP contribution in [0.15, 0.2) is 0 Å². The summed E-state index contributed by atoms with van der Waals surface area (Å²) >= 11 is 0. The lowest BCUT2D eigenvalue weighted by Crippen LogP contribution is -2.27. The SMILES string of the molecule is CCCCCCN(CCC)CCC(C)C. The highest BCUT2D eigenvalue weighted by molar-refractivity contribution is 4.59. The predicted octanol–water partition coefficient (Wildman–Crippen LogP) is 4.32. The quantitative estimate of drug-likeness (QED) is 0.488. The second-order valence-electron chi connectivity index (χ2n) is 5.08. The predicted molar refractivity (Wildman–Crippen MR) is 70.3 cm³/mol. The molecule has 0 rings (SSSR count). The summed E-state index contributed by atoms with van der Waals surface area (Å²) in [6, 6.07) is 0. The molecule has 92 valence electrons. The largest absolute Gasteiger partial charge is 0.303 e. The molecular weight excluding hydrogens is 182 g/mol. The first-order valence-electron chi connectivity index (χ1n) is 6.93. The Balaban J connectivity index is 3.53. The molecule has 15 heavy (non-hydrogen) atoms. The van der Waals surface area contributed by atoms with E-state index in [-0.39, 0.29) is 0 Å². The highest BCUT2D eigenvalue weighted by Gasteiger charge is 2.04. The van der Waals surface area contributed by atoms with Crippen LogP contribution < -0.4 is 0 Å². The number of nitrogens with zero attached hydrogens (tertiary/aromatic N) is 1. The van der Waals surface area contributed by atoms with Gasteiger partial charge in [0.25, 0.3) is 0 Å². The molecule has 0 radical (unpaired) electrons. The molecule has 0 aliphatic rings. The lowest BCUT2D eigenvalue weighted by atomic mass is 10.1. The standard InChI is InChI=1S/C14H31N/c1-5-7-8-9-12-15(11-6-2)13-10-14(3)4/h14H,5-13H2,1-4H3. The van der Waals surface area contributed by atoms with Crippen LogP contribution in [-0.2, 0) is 0 Å². The summed E-state index contributed by atoms with van der Waals surface area (Å²) in [5.74, 6) is 0.847. The van der Waals surface area contributed by atoms with Gasteiger partial charge in [0, 0.05) is 0 Å². The van der Waals surface area contributed by atoms with Crippen molar-refractivity contribution in [1.82, 2.24) is 4.90 Å². The first kappa shape index (κ1) is 15.0. The molecule has 0 saturated carbocycles. The molecule has 0 amide bonds. The van der Waals surface area contributed by atoms with E-state index in [1.807, 2.05) is 0 Å². The fourth-order valence-corrected chi connectivity index (χ4v) is 1.85. The fourth-order valence-electron chi connectivity index (χ4n) is 1.85. The Kier molecular flexibility index (Phi) is 10.4. The molecule has 1 heteroatoms. The summed E-state index contributed by atoms with van der Waals surface area (Å²) in [5, 5.41) is 0. The Labute approximate surface area is 97.2 Å². The van der Waals surface area contributed by atoms with Gasteiger partial charge < -0.3 is 4.90 Å². The van der Waals surface area contributed by atoms with Crippen LogP contribution in [0, 0.1) is 5.92 Å². The average Bonchev–Trinajstić information content (AvgIpc) is 2.20. The normalized spacial score (nSPS) is 11.6. The van der Waals surface area contributed by atoms with Crippen molar-refractivity contribution in [2.75, 3.05) is 19.6 Å². The maximum absolute atomic E-state index is 2.65. The molecule has 0 fully saturated rings. The first-order valence-corrected chi connectivity index (χ1v) is 6.93. The molecule has 0 atom stereocenters. The van der Waals surface area contributed by atoms with E-state index >= 15 is 0 Å². The van der Waals surface area contributed by atoms with Gasteiger partial charge in [-0.2, -0.15) is 0 Å². The van der Waals surface area contributed by atoms with Gasteiger partial charge in [-0.15, -0.1) is 0 Å². The number of hydrogen-bond donors (Lipinski definition) is 0. The van der Waals surface area contributed by atoms with Gasteiger partial charge in [-0.1, -0.05) is 47.0 Å². The third kappa shape index (κ3) is 10.2. The minimum atomic E-state index is 0.847. The van der Waals surface area contributed by atoms with E-state index in [2.05, 4.69) is 32.6 Å². The van der Waals surface area contributed by atoms with Gasteiger partial charge in [0.15, 0.2) is 0 Å². The van der Waals surface area contributed by atoms with Crippen LogP contribution in [0.2, 0.25) is 0 Å². The minimum absolute atomic E-state index is 0.847. The average molecular weight is 213 g/mol. The molecule has 0 heterocycles. The van der Waals surface area contributed by atoms with E-state index in [4.69, 9.17) is 0 Å². The fraction of sp³-hybridized carbons (Fsp3) is 1.00. The van der Waals surface area contributed by atoms with Crippen LogP contribution in [0.4, 0.5) is 0 Å². The van der Waals surface area contributed by atoms with Gasteiger partial charge in [0.1, 0.15) is 0 Å². The van der Waals surface area contributed by atoms with Crippen molar-refractivity contribution < 1.29 is 0 Å². The summed E-state index contributed by atoms with van der Waals surface area (Å²) < 4.78 is 0. The third-order valence-electron chi connectivity index (χ3n) is 2.89. The van der Waals surface area contributed by atoms with E-state index in [1.165, 1.54) is 58.2 Å². The van der Waals surface area contributed by atoms with Gasteiger partial charge in [0.2, 0.25) is 0 Å². The maximum Gasteiger partial charge on any atom is -0.00163 e. The van der Waals surface area contributed by atoms with Crippen molar-refractivity contribution in [3.63, 3.8) is 0 Å². The molecule has 0 aromatic heterocycles. The lowest BCUT2D eigenvalue weighted by Gasteiger charge is -2.22. The molecule has 0 spiro atoms. The minimum Gasteiger partial charge on any atom is -0.303 e. The van der Waals surface area contributed by atoms with Gasteiger partial charge >= 0.3 is 0 Å². The highest BCUT2D eigenvalue weighted by atomic mass is 15.1. The van der Waals surface area contributed by atoms with Crippen LogP contribution in [0.5, 0.6) is 0 Å². The second kappa shape index (κ2) is 10.5. The van der Waals surface area contributed by atoms with Crippen LogP contribution in [-0.4, -0.2) is 24.5 Å². The summed E-state index contributed by atoms with van der Waals surface area (Å²) in [5.41, 5.74) is 0. The molecule has 1 nitrogen and oxygen atoms in total. The van der Waals surface area contributed by atoms with E-state index in [1.54, 1.807) is 0 Å². The molecule has 0 aromatic carbocycles. The maximum atomic E-state index is 2.65. The highest BCUT2D eigenvalue weighted by Crippen LogP contribution is 2.06. The molecule has 0 aliphatic carbocycles. The monoisotopic (exact) mass is 213 g/mol. The molecule has 0 bridgehead atoms. The Bertz CT molecular complexity index is 121. The summed E-state index contributed by atoms with van der Waals surface area (Å²) in [7, 11) is 0. The van der Waals surface area contributed by atoms with Gasteiger partial charge in [-0.25, -0.2) is 0 Å². The van der Waals surface area contributed by atoms with Crippen molar-refractivity contribution in [2.24, 2.45) is 5.92 Å². The Morgan fingerprint density at radius 1 is 0.800 bits per heavy atom. The Morgan fingerprint density at radius 3 is 2.07 bits per heavy atom. The Morgan fingerprint density at radius 2 is 1.53 bits per heavy atom. The topological polar surface area (TPSA) is 3.24 Å². The molecule has 0 aromatic rings. The summed E-state index contributed by atoms with van der Waals surface area (Å²) in [4.78, 5) is 2.65. The van der Waals surface area contributed by atoms with Gasteiger partial charge in [0.05, 0.1) is 0 Å². The molecule has 0 saturated heterocycles. The summed E-state index contributed by atoms with van der Waals surface area (Å²) in [6.07, 6.45) is 8.22. The zero-order valence-corrected chi connectivity index (χ0v) is 11.4. The van der Waals surface area contributed by atoms with E-state index in [0.29, 0.717) is 0 Å². The third-order valence-corrected chi connectivity index (χ3v) is 2.89. The van der Waals surface area contributed by atoms with Gasteiger partial charge in [-0.3, -0.25) is 0 Å². The smallest absolute Gasteiger partial charge is 0.00163 e. The van der Waals surface area contributed by atoms with Crippen molar-refractivity contribution in [3.05, 3.63) is 0 Å². The van der Waals surface area contributed by atoms with E-state index in [0.717, 1.165) is 5.92 Å². The van der Waals surface area contributed by atoms with Crippen molar-refractivity contribution in [3.8, 4) is 0 Å². The Hall–Kier alpha value is -0.0400. The van der Waals surface area contributed by atoms with Gasteiger partial charge in [-0.05, 0) is 44.8 Å². The number of hydrogen-bond acceptors (Lipinski definition) is 1. The van der Waals surface area contributed by atoms with Crippen LogP contribution in [0.25, 0.3) is 0 Å². The molecule has 0 N–H and O–H groups in total. The zero-order chi connectivity index (χ0) is 11.5. The number of rotatable bonds is 10. The van der Waals surface area contributed by atoms with E-state index < -0.39 is 0 Å². The van der Waals surface area contributed by atoms with E-state index in [9.17, 15) is 0 Å². The molecular formula is C14H31N. The van der Waals surface area contributed by atoms with Crippen molar-refractivity contribution in [2.45, 2.75) is 66.2 Å². The summed E-state index contributed by atoms with van der Waals surface area (Å²) in [6.45, 7) is 13.1. The lowest BCUT2D eigenvalue weighted by molar-refractivity contribution is 0.252. The second-order valence-corrected chi connectivity index (χ2v) is 5.08.